The van der Waals surface area contributed by atoms with Gasteiger partial charge in [-0.25, -0.2) is 13.6 Å². The topological polar surface area (TPSA) is 127 Å². The van der Waals surface area contributed by atoms with E-state index in [1.807, 2.05) is 0 Å². The van der Waals surface area contributed by atoms with Crippen LogP contribution in [0.15, 0.2) is 23.1 Å². The van der Waals surface area contributed by atoms with Crippen molar-refractivity contribution in [1.82, 2.24) is 5.32 Å². The molecule has 2 rings (SSSR count). The molecule has 0 aromatic heterocycles. The summed E-state index contributed by atoms with van der Waals surface area (Å²) in [4.78, 5) is 23.3. The molecule has 0 spiro atoms. The summed E-state index contributed by atoms with van der Waals surface area (Å²) in [5.41, 5.74) is 0.659. The predicted molar refractivity (Wildman–Crippen MR) is 82.8 cm³/mol. The van der Waals surface area contributed by atoms with Crippen LogP contribution < -0.4 is 10.5 Å². The lowest BCUT2D eigenvalue weighted by Crippen LogP contribution is -2.27. The number of primary sulfonamides is 1. The molecule has 1 aliphatic rings. The van der Waals surface area contributed by atoms with Crippen LogP contribution in [0.25, 0.3) is 0 Å². The van der Waals surface area contributed by atoms with E-state index in [-0.39, 0.29) is 17.3 Å². The van der Waals surface area contributed by atoms with Crippen molar-refractivity contribution in [3.63, 3.8) is 0 Å². The number of carbonyl (C=O) groups is 2. The monoisotopic (exact) mass is 340 g/mol. The SMILES string of the molecule is Cc1cc(CNC(=O)[C@@H]2[C@H](C(=O)O)C2(C)C)ccc1S(N)(=O)=O. The smallest absolute Gasteiger partial charge is 0.307 e. The Kier molecular flexibility index (Phi) is 4.25. The van der Waals surface area contributed by atoms with E-state index >= 15 is 0 Å². The second-order valence-electron chi connectivity index (χ2n) is 6.48. The van der Waals surface area contributed by atoms with E-state index in [0.717, 1.165) is 0 Å². The first kappa shape index (κ1) is 17.4. The summed E-state index contributed by atoms with van der Waals surface area (Å²) in [6.45, 7) is 5.32. The maximum absolute atomic E-state index is 12.1. The number of carboxylic acid groups (broad SMARTS) is 1. The Labute approximate surface area is 134 Å². The van der Waals surface area contributed by atoms with E-state index < -0.39 is 33.2 Å². The van der Waals surface area contributed by atoms with Gasteiger partial charge >= 0.3 is 5.97 Å². The standard InChI is InChI=1S/C15H20N2O5S/c1-8-6-9(4-5-10(8)23(16,21)22)7-17-13(18)11-12(14(19)20)15(11,2)3/h4-6,11-12H,7H2,1-3H3,(H,17,18)(H,19,20)(H2,16,21,22)/t11-,12+/m0/s1. The van der Waals surface area contributed by atoms with Gasteiger partial charge in [-0.15, -0.1) is 0 Å². The van der Waals surface area contributed by atoms with Crippen molar-refractivity contribution in [2.24, 2.45) is 22.4 Å². The van der Waals surface area contributed by atoms with Crippen molar-refractivity contribution >= 4 is 21.9 Å². The molecule has 1 aromatic carbocycles. The van der Waals surface area contributed by atoms with Gasteiger partial charge in [0, 0.05) is 6.54 Å². The number of carboxylic acids is 1. The number of hydrogen-bond donors (Lipinski definition) is 3. The molecule has 8 heteroatoms. The van der Waals surface area contributed by atoms with Gasteiger partial charge in [-0.2, -0.15) is 0 Å². The summed E-state index contributed by atoms with van der Waals surface area (Å²) in [6, 6.07) is 4.60. The highest BCUT2D eigenvalue weighted by molar-refractivity contribution is 7.89. The normalized spacial score (nSPS) is 22.4. The molecular weight excluding hydrogens is 320 g/mol. The van der Waals surface area contributed by atoms with E-state index in [4.69, 9.17) is 10.2 Å². The van der Waals surface area contributed by atoms with Crippen LogP contribution >= 0.6 is 0 Å². The van der Waals surface area contributed by atoms with Crippen molar-refractivity contribution in [2.75, 3.05) is 0 Å². The van der Waals surface area contributed by atoms with Gasteiger partial charge < -0.3 is 10.4 Å². The Hall–Kier alpha value is -1.93. The second kappa shape index (κ2) is 5.61. The molecule has 0 unspecified atom stereocenters. The third-order valence-electron chi connectivity index (χ3n) is 4.39. The number of carbonyl (C=O) groups excluding carboxylic acids is 1. The van der Waals surface area contributed by atoms with Crippen LogP contribution in [0.3, 0.4) is 0 Å². The molecular formula is C15H20N2O5S. The summed E-state index contributed by atoms with van der Waals surface area (Å²) < 4.78 is 22.7. The van der Waals surface area contributed by atoms with Gasteiger partial charge in [0.2, 0.25) is 15.9 Å². The van der Waals surface area contributed by atoms with Crippen LogP contribution in [-0.2, 0) is 26.2 Å². The molecule has 1 fully saturated rings. The Balaban J connectivity index is 2.04. The summed E-state index contributed by atoms with van der Waals surface area (Å²) in [5, 5.41) is 16.9. The lowest BCUT2D eigenvalue weighted by atomic mass is 10.1. The maximum atomic E-state index is 12.1. The first-order valence-corrected chi connectivity index (χ1v) is 8.63. The number of amides is 1. The zero-order valence-electron chi connectivity index (χ0n) is 13.2. The van der Waals surface area contributed by atoms with Gasteiger partial charge in [-0.05, 0) is 29.5 Å². The van der Waals surface area contributed by atoms with E-state index in [0.29, 0.717) is 11.1 Å². The number of hydrogen-bond acceptors (Lipinski definition) is 4. The number of sulfonamides is 1. The summed E-state index contributed by atoms with van der Waals surface area (Å²) in [6.07, 6.45) is 0. The molecule has 0 bridgehead atoms. The molecule has 0 heterocycles. The highest BCUT2D eigenvalue weighted by atomic mass is 32.2. The van der Waals surface area contributed by atoms with E-state index in [1.165, 1.54) is 6.07 Å². The first-order valence-electron chi connectivity index (χ1n) is 7.09. The highest BCUT2D eigenvalue weighted by Gasteiger charge is 2.65. The molecule has 0 saturated heterocycles. The van der Waals surface area contributed by atoms with Crippen LogP contribution in [0.4, 0.5) is 0 Å². The van der Waals surface area contributed by atoms with Gasteiger partial charge in [0.1, 0.15) is 0 Å². The van der Waals surface area contributed by atoms with Gasteiger partial charge in [0.05, 0.1) is 16.7 Å². The van der Waals surface area contributed by atoms with Crippen LogP contribution in [0, 0.1) is 24.2 Å². The summed E-state index contributed by atoms with van der Waals surface area (Å²) in [7, 11) is -3.77. The molecule has 126 valence electrons. The molecule has 4 N–H and O–H groups in total. The quantitative estimate of drug-likeness (QED) is 0.724. The van der Waals surface area contributed by atoms with Crippen molar-refractivity contribution in [3.8, 4) is 0 Å². The van der Waals surface area contributed by atoms with Gasteiger partial charge in [0.25, 0.3) is 0 Å². The Bertz CT molecular complexity index is 770. The average Bonchev–Trinajstić information content (AvgIpc) is 2.98. The third kappa shape index (κ3) is 3.37. The van der Waals surface area contributed by atoms with Gasteiger partial charge in [-0.3, -0.25) is 9.59 Å². The minimum absolute atomic E-state index is 0.0434. The molecule has 23 heavy (non-hydrogen) atoms. The molecule has 1 aromatic rings. The molecule has 7 nitrogen and oxygen atoms in total. The first-order chi connectivity index (χ1) is 10.5. The Morgan fingerprint density at radius 2 is 1.91 bits per heavy atom. The number of aryl methyl sites for hydroxylation is 1. The Morgan fingerprint density at radius 3 is 2.35 bits per heavy atom. The summed E-state index contributed by atoms with van der Waals surface area (Å²) >= 11 is 0. The minimum atomic E-state index is -3.77. The van der Waals surface area contributed by atoms with E-state index in [1.54, 1.807) is 32.9 Å². The number of benzene rings is 1. The van der Waals surface area contributed by atoms with Crippen molar-refractivity contribution in [1.29, 1.82) is 0 Å². The van der Waals surface area contributed by atoms with E-state index in [2.05, 4.69) is 5.32 Å². The molecule has 0 radical (unpaired) electrons. The number of rotatable bonds is 5. The fourth-order valence-electron chi connectivity index (χ4n) is 3.03. The highest BCUT2D eigenvalue weighted by Crippen LogP contribution is 2.58. The lowest BCUT2D eigenvalue weighted by Gasteiger charge is -2.09. The zero-order chi connectivity index (χ0) is 17.6. The van der Waals surface area contributed by atoms with E-state index in [9.17, 15) is 18.0 Å². The second-order valence-corrected chi connectivity index (χ2v) is 8.01. The van der Waals surface area contributed by atoms with Crippen LogP contribution in [0.2, 0.25) is 0 Å². The van der Waals surface area contributed by atoms with Crippen molar-refractivity contribution in [2.45, 2.75) is 32.2 Å². The summed E-state index contributed by atoms with van der Waals surface area (Å²) in [5.74, 6) is -2.50. The molecule has 1 amide bonds. The largest absolute Gasteiger partial charge is 0.481 e. The zero-order valence-corrected chi connectivity index (χ0v) is 14.0. The predicted octanol–water partition coefficient (Wildman–Crippen LogP) is 0.615. The van der Waals surface area contributed by atoms with Crippen LogP contribution in [0.1, 0.15) is 25.0 Å². The van der Waals surface area contributed by atoms with Crippen molar-refractivity contribution < 1.29 is 23.1 Å². The Morgan fingerprint density at radius 1 is 1.30 bits per heavy atom. The third-order valence-corrected chi connectivity index (χ3v) is 5.46. The number of aliphatic carboxylic acids is 1. The van der Waals surface area contributed by atoms with Gasteiger partial charge in [-0.1, -0.05) is 26.0 Å². The molecule has 1 saturated carbocycles. The van der Waals surface area contributed by atoms with Crippen molar-refractivity contribution in [3.05, 3.63) is 29.3 Å². The fourth-order valence-corrected chi connectivity index (χ4v) is 3.79. The fraction of sp³-hybridized carbons (Fsp3) is 0.467. The molecule has 2 atom stereocenters. The average molecular weight is 340 g/mol. The number of nitrogens with two attached hydrogens (primary N) is 1. The van der Waals surface area contributed by atoms with Crippen LogP contribution in [-0.4, -0.2) is 25.4 Å². The minimum Gasteiger partial charge on any atom is -0.481 e. The van der Waals surface area contributed by atoms with Gasteiger partial charge in [0.15, 0.2) is 0 Å². The molecule has 0 aliphatic heterocycles. The molecule has 1 aliphatic carbocycles. The number of nitrogens with one attached hydrogen (secondary N) is 1. The lowest BCUT2D eigenvalue weighted by molar-refractivity contribution is -0.140. The maximum Gasteiger partial charge on any atom is 0.307 e. The van der Waals surface area contributed by atoms with Crippen LogP contribution in [0.5, 0.6) is 0 Å².